The van der Waals surface area contributed by atoms with Crippen LogP contribution in [0, 0.1) is 18.6 Å². The highest BCUT2D eigenvalue weighted by Crippen LogP contribution is 2.41. The van der Waals surface area contributed by atoms with Gasteiger partial charge >= 0.3 is 0 Å². The molecule has 6 nitrogen and oxygen atoms in total. The molecule has 1 aromatic carbocycles. The van der Waals surface area contributed by atoms with Crippen LogP contribution in [0.25, 0.3) is 22.3 Å². The highest BCUT2D eigenvalue weighted by molar-refractivity contribution is 5.90. The molecular formula is C26H25F2N5O. The molecule has 1 aliphatic heterocycles. The minimum Gasteiger partial charge on any atom is -0.370 e. The first-order valence-corrected chi connectivity index (χ1v) is 11.7. The van der Waals surface area contributed by atoms with E-state index in [1.807, 2.05) is 29.9 Å². The van der Waals surface area contributed by atoms with E-state index in [0.717, 1.165) is 23.7 Å². The number of hydrogen-bond acceptors (Lipinski definition) is 5. The number of fused-ring (bicyclic) bond motifs is 1. The van der Waals surface area contributed by atoms with Gasteiger partial charge in [0, 0.05) is 40.4 Å². The van der Waals surface area contributed by atoms with Gasteiger partial charge in [0.2, 0.25) is 0 Å². The van der Waals surface area contributed by atoms with Gasteiger partial charge in [-0.15, -0.1) is 0 Å². The van der Waals surface area contributed by atoms with Crippen LogP contribution in [0.2, 0.25) is 0 Å². The molecule has 0 N–H and O–H groups in total. The summed E-state index contributed by atoms with van der Waals surface area (Å²) in [5.74, 6) is -0.662. The zero-order valence-corrected chi connectivity index (χ0v) is 19.1. The maximum absolute atomic E-state index is 14.8. The molecule has 2 fully saturated rings. The Morgan fingerprint density at radius 1 is 1.03 bits per heavy atom. The molecular weight excluding hydrogens is 436 g/mol. The number of aromatic nitrogens is 5. The first kappa shape index (κ1) is 21.3. The van der Waals surface area contributed by atoms with Crippen LogP contribution in [0.4, 0.5) is 8.78 Å². The first-order valence-electron chi connectivity index (χ1n) is 11.7. The standard InChI is InChI=1S/C26H25F2N5O/c1-14-3-7-21-24(20-8-4-18(27)11-22(20)28)31-25(32-26(21)30-14)16-9-15(2)34-23(10-16)17-12-29-33(13-17)19-5-6-19/h3-4,7-8,11-13,15-16,19,23H,5-6,9-10H2,1-2H3/t15-,16+,23+/m1/s1. The Kier molecular flexibility index (Phi) is 5.13. The molecule has 3 aromatic heterocycles. The SMILES string of the molecule is Cc1ccc2c(-c3ccc(F)cc3F)nc([C@H]3C[C@@H](C)O[C@H](c4cnn(C5CC5)c4)C3)nc2n1. The lowest BCUT2D eigenvalue weighted by Gasteiger charge is -2.33. The number of aryl methyl sites for hydroxylation is 1. The quantitative estimate of drug-likeness (QED) is 0.382. The lowest BCUT2D eigenvalue weighted by Crippen LogP contribution is -2.26. The van der Waals surface area contributed by atoms with Crippen LogP contribution >= 0.6 is 0 Å². The van der Waals surface area contributed by atoms with Crippen molar-refractivity contribution in [3.05, 3.63) is 71.4 Å². The van der Waals surface area contributed by atoms with Gasteiger partial charge in [-0.05, 0) is 63.8 Å². The van der Waals surface area contributed by atoms with E-state index >= 15 is 0 Å². The zero-order valence-electron chi connectivity index (χ0n) is 19.1. The molecule has 174 valence electrons. The fourth-order valence-corrected chi connectivity index (χ4v) is 4.82. The molecule has 4 aromatic rings. The molecule has 0 radical (unpaired) electrons. The van der Waals surface area contributed by atoms with Gasteiger partial charge in [-0.3, -0.25) is 4.68 Å². The van der Waals surface area contributed by atoms with Gasteiger partial charge in [0.1, 0.15) is 17.5 Å². The Morgan fingerprint density at radius 3 is 2.68 bits per heavy atom. The lowest BCUT2D eigenvalue weighted by molar-refractivity contribution is -0.0511. The molecule has 3 atom stereocenters. The highest BCUT2D eigenvalue weighted by Gasteiger charge is 2.33. The minimum atomic E-state index is -0.655. The minimum absolute atomic E-state index is 0.00352. The van der Waals surface area contributed by atoms with Crippen molar-refractivity contribution in [2.75, 3.05) is 0 Å². The van der Waals surface area contributed by atoms with Crippen LogP contribution in [0.15, 0.2) is 42.7 Å². The number of rotatable bonds is 4. The maximum atomic E-state index is 14.8. The van der Waals surface area contributed by atoms with Crippen LogP contribution in [0.3, 0.4) is 0 Å². The van der Waals surface area contributed by atoms with Crippen LogP contribution in [-0.4, -0.2) is 30.8 Å². The van der Waals surface area contributed by atoms with E-state index in [1.165, 1.54) is 25.0 Å². The number of hydrogen-bond donors (Lipinski definition) is 0. The van der Waals surface area contributed by atoms with Gasteiger partial charge in [-0.2, -0.15) is 5.10 Å². The number of nitrogens with zero attached hydrogens (tertiary/aromatic N) is 5. The van der Waals surface area contributed by atoms with E-state index in [1.54, 1.807) is 0 Å². The van der Waals surface area contributed by atoms with Crippen molar-refractivity contribution in [2.24, 2.45) is 0 Å². The second-order valence-corrected chi connectivity index (χ2v) is 9.47. The third-order valence-electron chi connectivity index (χ3n) is 6.69. The summed E-state index contributed by atoms with van der Waals surface area (Å²) < 4.78 is 36.7. The van der Waals surface area contributed by atoms with Crippen molar-refractivity contribution in [3.63, 3.8) is 0 Å². The summed E-state index contributed by atoms with van der Waals surface area (Å²) >= 11 is 0. The molecule has 0 bridgehead atoms. The molecule has 0 spiro atoms. The van der Waals surface area contributed by atoms with E-state index in [0.29, 0.717) is 35.0 Å². The zero-order chi connectivity index (χ0) is 23.4. The van der Waals surface area contributed by atoms with Gasteiger partial charge in [0.25, 0.3) is 0 Å². The van der Waals surface area contributed by atoms with Crippen molar-refractivity contribution in [1.82, 2.24) is 24.7 Å². The van der Waals surface area contributed by atoms with E-state index in [-0.39, 0.29) is 23.7 Å². The molecule has 1 aliphatic carbocycles. The van der Waals surface area contributed by atoms with Crippen molar-refractivity contribution in [2.45, 2.75) is 63.7 Å². The maximum Gasteiger partial charge on any atom is 0.163 e. The predicted molar refractivity (Wildman–Crippen MR) is 123 cm³/mol. The topological polar surface area (TPSA) is 65.7 Å². The van der Waals surface area contributed by atoms with Crippen molar-refractivity contribution < 1.29 is 13.5 Å². The first-order chi connectivity index (χ1) is 16.4. The largest absolute Gasteiger partial charge is 0.370 e. The molecule has 34 heavy (non-hydrogen) atoms. The Balaban J connectivity index is 1.41. The average Bonchev–Trinajstić information content (AvgIpc) is 3.54. The average molecular weight is 462 g/mol. The fraction of sp³-hybridized carbons (Fsp3) is 0.385. The summed E-state index contributed by atoms with van der Waals surface area (Å²) in [5, 5.41) is 5.16. The Morgan fingerprint density at radius 2 is 1.88 bits per heavy atom. The Labute approximate surface area is 196 Å². The molecule has 1 saturated heterocycles. The molecule has 4 heterocycles. The Hall–Kier alpha value is -3.26. The van der Waals surface area contributed by atoms with E-state index in [9.17, 15) is 8.78 Å². The summed E-state index contributed by atoms with van der Waals surface area (Å²) in [4.78, 5) is 14.2. The van der Waals surface area contributed by atoms with Gasteiger partial charge in [-0.1, -0.05) is 0 Å². The normalized spacial score (nSPS) is 22.9. The molecule has 0 amide bonds. The van der Waals surface area contributed by atoms with Crippen LogP contribution < -0.4 is 0 Å². The van der Waals surface area contributed by atoms with E-state index < -0.39 is 11.6 Å². The van der Waals surface area contributed by atoms with Crippen LogP contribution in [-0.2, 0) is 4.74 Å². The monoisotopic (exact) mass is 461 g/mol. The second-order valence-electron chi connectivity index (χ2n) is 9.47. The summed E-state index contributed by atoms with van der Waals surface area (Å²) in [6.07, 6.45) is 7.66. The third-order valence-corrected chi connectivity index (χ3v) is 6.69. The summed E-state index contributed by atoms with van der Waals surface area (Å²) in [6, 6.07) is 7.77. The highest BCUT2D eigenvalue weighted by atomic mass is 19.1. The fourth-order valence-electron chi connectivity index (χ4n) is 4.82. The van der Waals surface area contributed by atoms with Crippen molar-refractivity contribution in [1.29, 1.82) is 0 Å². The molecule has 8 heteroatoms. The second kappa shape index (κ2) is 8.20. The van der Waals surface area contributed by atoms with Crippen molar-refractivity contribution in [3.8, 4) is 11.3 Å². The third kappa shape index (κ3) is 3.96. The molecule has 2 aliphatic rings. The molecule has 6 rings (SSSR count). The smallest absolute Gasteiger partial charge is 0.163 e. The van der Waals surface area contributed by atoms with E-state index in [2.05, 4.69) is 23.2 Å². The van der Waals surface area contributed by atoms with Crippen LogP contribution in [0.1, 0.15) is 67.8 Å². The number of benzene rings is 1. The number of ether oxygens (including phenoxy) is 1. The van der Waals surface area contributed by atoms with Gasteiger partial charge in [0.05, 0.1) is 30.1 Å². The number of halogens is 2. The summed E-state index contributed by atoms with van der Waals surface area (Å²) in [6.45, 7) is 3.94. The Bertz CT molecular complexity index is 1380. The summed E-state index contributed by atoms with van der Waals surface area (Å²) in [5.41, 5.74) is 3.06. The number of pyridine rings is 1. The van der Waals surface area contributed by atoms with E-state index in [4.69, 9.17) is 14.7 Å². The van der Waals surface area contributed by atoms with Crippen LogP contribution in [0.5, 0.6) is 0 Å². The predicted octanol–water partition coefficient (Wildman–Crippen LogP) is 5.83. The molecule has 0 unspecified atom stereocenters. The van der Waals surface area contributed by atoms with Crippen molar-refractivity contribution >= 4 is 11.0 Å². The summed E-state index contributed by atoms with van der Waals surface area (Å²) in [7, 11) is 0. The van der Waals surface area contributed by atoms with Gasteiger partial charge in [-0.25, -0.2) is 23.7 Å². The lowest BCUT2D eigenvalue weighted by atomic mass is 9.89. The van der Waals surface area contributed by atoms with Gasteiger partial charge in [0.15, 0.2) is 5.65 Å². The van der Waals surface area contributed by atoms with Gasteiger partial charge < -0.3 is 4.74 Å². The molecule has 1 saturated carbocycles.